The van der Waals surface area contributed by atoms with Gasteiger partial charge in [-0.2, -0.15) is 0 Å². The van der Waals surface area contributed by atoms with Gasteiger partial charge in [0.05, 0.1) is 11.6 Å². The summed E-state index contributed by atoms with van der Waals surface area (Å²) < 4.78 is 67.8. The van der Waals surface area contributed by atoms with Gasteiger partial charge in [-0.1, -0.05) is 32.0 Å². The van der Waals surface area contributed by atoms with Gasteiger partial charge in [-0.3, -0.25) is 0 Å². The summed E-state index contributed by atoms with van der Waals surface area (Å²) in [5.41, 5.74) is -0.333. The minimum absolute atomic E-state index is 0.409. The number of hydrogen-bond donors (Lipinski definition) is 1. The number of para-hydroxylation sites is 1. The molecule has 1 N–H and O–H groups in total. The first kappa shape index (κ1) is 16.3. The van der Waals surface area contributed by atoms with Crippen molar-refractivity contribution in [2.75, 3.05) is 5.32 Å². The Morgan fingerprint density at radius 3 is 1.64 bits per heavy atom. The van der Waals surface area contributed by atoms with Crippen molar-refractivity contribution in [1.82, 2.24) is 0 Å². The van der Waals surface area contributed by atoms with Crippen molar-refractivity contribution in [1.29, 1.82) is 0 Å². The average molecular weight is 315 g/mol. The molecule has 2 rings (SSSR count). The van der Waals surface area contributed by atoms with Crippen molar-refractivity contribution in [2.45, 2.75) is 19.9 Å². The van der Waals surface area contributed by atoms with E-state index in [-0.39, 0.29) is 0 Å². The first-order chi connectivity index (χ1) is 10.3. The second-order valence-electron chi connectivity index (χ2n) is 5.22. The number of benzene rings is 2. The standard InChI is InChI=1S/C16H14F5N/c1-8(2)16(22-9-6-4-3-5-7-9)10-11(17)13(19)15(21)14(20)12(10)18/h3-8,16,22H,1-2H3. The fourth-order valence-corrected chi connectivity index (χ4v) is 2.18. The number of hydrogen-bond acceptors (Lipinski definition) is 1. The van der Waals surface area contributed by atoms with Gasteiger partial charge in [-0.25, -0.2) is 22.0 Å². The maximum absolute atomic E-state index is 14.0. The van der Waals surface area contributed by atoms with Crippen molar-refractivity contribution in [3.05, 3.63) is 65.0 Å². The van der Waals surface area contributed by atoms with Crippen LogP contribution in [0.15, 0.2) is 30.3 Å². The summed E-state index contributed by atoms with van der Waals surface area (Å²) in [6, 6.07) is 7.35. The zero-order valence-electron chi connectivity index (χ0n) is 11.9. The van der Waals surface area contributed by atoms with Crippen LogP contribution < -0.4 is 5.32 Å². The lowest BCUT2D eigenvalue weighted by Crippen LogP contribution is -2.22. The predicted molar refractivity (Wildman–Crippen MR) is 73.9 cm³/mol. The molecule has 2 aromatic rings. The fraction of sp³-hybridized carbons (Fsp3) is 0.250. The van der Waals surface area contributed by atoms with Crippen LogP contribution in [0.4, 0.5) is 27.6 Å². The summed E-state index contributed by atoms with van der Waals surface area (Å²) in [5.74, 6) is -10.0. The summed E-state index contributed by atoms with van der Waals surface area (Å²) in [6.45, 7) is 3.25. The van der Waals surface area contributed by atoms with Gasteiger partial charge in [-0.15, -0.1) is 0 Å². The Balaban J connectivity index is 2.55. The van der Waals surface area contributed by atoms with Crippen LogP contribution in [0.5, 0.6) is 0 Å². The zero-order chi connectivity index (χ0) is 16.4. The maximum atomic E-state index is 14.0. The summed E-state index contributed by atoms with van der Waals surface area (Å²) in [4.78, 5) is 0. The molecule has 0 fully saturated rings. The second-order valence-corrected chi connectivity index (χ2v) is 5.22. The highest BCUT2D eigenvalue weighted by atomic mass is 19.2. The van der Waals surface area contributed by atoms with Crippen LogP contribution in [0.2, 0.25) is 0 Å². The van der Waals surface area contributed by atoms with Gasteiger partial charge in [0, 0.05) is 5.69 Å². The molecule has 0 aromatic heterocycles. The minimum atomic E-state index is -2.15. The molecule has 0 bridgehead atoms. The first-order valence-corrected chi connectivity index (χ1v) is 6.67. The summed E-state index contributed by atoms with van der Waals surface area (Å²) in [6.07, 6.45) is 0. The number of anilines is 1. The van der Waals surface area contributed by atoms with Crippen molar-refractivity contribution < 1.29 is 22.0 Å². The molecule has 0 spiro atoms. The Kier molecular flexibility index (Phi) is 4.68. The van der Waals surface area contributed by atoms with Crippen molar-refractivity contribution in [2.24, 2.45) is 5.92 Å². The van der Waals surface area contributed by atoms with Crippen LogP contribution in [-0.4, -0.2) is 0 Å². The number of rotatable bonds is 4. The molecule has 0 aliphatic rings. The van der Waals surface area contributed by atoms with Gasteiger partial charge < -0.3 is 5.32 Å². The highest BCUT2D eigenvalue weighted by molar-refractivity contribution is 5.46. The van der Waals surface area contributed by atoms with E-state index in [1.807, 2.05) is 0 Å². The Bertz CT molecular complexity index is 641. The average Bonchev–Trinajstić information content (AvgIpc) is 2.51. The largest absolute Gasteiger partial charge is 0.378 e. The third kappa shape index (κ3) is 2.91. The Morgan fingerprint density at radius 2 is 1.18 bits per heavy atom. The molecule has 0 radical (unpaired) electrons. The van der Waals surface area contributed by atoms with Gasteiger partial charge >= 0.3 is 0 Å². The van der Waals surface area contributed by atoms with E-state index in [2.05, 4.69) is 5.32 Å². The molecular weight excluding hydrogens is 301 g/mol. The lowest BCUT2D eigenvalue weighted by atomic mass is 9.94. The van der Waals surface area contributed by atoms with Gasteiger partial charge in [0.1, 0.15) is 0 Å². The van der Waals surface area contributed by atoms with E-state index in [4.69, 9.17) is 0 Å². The van der Waals surface area contributed by atoms with Gasteiger partial charge in [-0.05, 0) is 18.1 Å². The van der Waals surface area contributed by atoms with E-state index >= 15 is 0 Å². The van der Waals surface area contributed by atoms with Crippen molar-refractivity contribution >= 4 is 5.69 Å². The highest BCUT2D eigenvalue weighted by Gasteiger charge is 2.31. The van der Waals surface area contributed by atoms with E-state index in [0.717, 1.165) is 0 Å². The quantitative estimate of drug-likeness (QED) is 0.465. The molecule has 2 aromatic carbocycles. The molecule has 0 saturated heterocycles. The first-order valence-electron chi connectivity index (χ1n) is 6.67. The third-order valence-corrected chi connectivity index (χ3v) is 3.32. The molecule has 6 heteroatoms. The Morgan fingerprint density at radius 1 is 0.727 bits per heavy atom. The fourth-order valence-electron chi connectivity index (χ4n) is 2.18. The minimum Gasteiger partial charge on any atom is -0.378 e. The van der Waals surface area contributed by atoms with E-state index in [0.29, 0.717) is 5.69 Å². The Hall–Kier alpha value is -2.11. The lowest BCUT2D eigenvalue weighted by Gasteiger charge is -2.25. The Labute approximate surface area is 124 Å². The predicted octanol–water partition coefficient (Wildman–Crippen LogP) is 5.19. The molecule has 118 valence electrons. The highest BCUT2D eigenvalue weighted by Crippen LogP contribution is 2.33. The van der Waals surface area contributed by atoms with Crippen LogP contribution in [0, 0.1) is 35.0 Å². The molecule has 0 saturated carbocycles. The molecular formula is C16H14F5N. The second kappa shape index (κ2) is 6.34. The molecule has 1 atom stereocenters. The van der Waals surface area contributed by atoms with Crippen LogP contribution in [0.25, 0.3) is 0 Å². The zero-order valence-corrected chi connectivity index (χ0v) is 11.9. The van der Waals surface area contributed by atoms with Crippen molar-refractivity contribution in [3.8, 4) is 0 Å². The molecule has 0 heterocycles. The van der Waals surface area contributed by atoms with E-state index in [1.54, 1.807) is 44.2 Å². The molecule has 22 heavy (non-hydrogen) atoms. The molecule has 0 aliphatic carbocycles. The summed E-state index contributed by atoms with van der Waals surface area (Å²) in [7, 11) is 0. The monoisotopic (exact) mass is 315 g/mol. The maximum Gasteiger partial charge on any atom is 0.200 e. The third-order valence-electron chi connectivity index (χ3n) is 3.32. The normalized spacial score (nSPS) is 12.5. The molecule has 1 nitrogen and oxygen atoms in total. The molecule has 0 amide bonds. The van der Waals surface area contributed by atoms with Gasteiger partial charge in [0.25, 0.3) is 0 Å². The molecule has 1 unspecified atom stereocenters. The van der Waals surface area contributed by atoms with Crippen molar-refractivity contribution in [3.63, 3.8) is 0 Å². The van der Waals surface area contributed by atoms with Crippen LogP contribution in [-0.2, 0) is 0 Å². The number of nitrogens with one attached hydrogen (secondary N) is 1. The van der Waals surface area contributed by atoms with E-state index in [9.17, 15) is 22.0 Å². The smallest absolute Gasteiger partial charge is 0.200 e. The van der Waals surface area contributed by atoms with Crippen LogP contribution >= 0.6 is 0 Å². The van der Waals surface area contributed by atoms with E-state index < -0.39 is 46.6 Å². The van der Waals surface area contributed by atoms with Gasteiger partial charge in [0.15, 0.2) is 23.3 Å². The van der Waals surface area contributed by atoms with Crippen LogP contribution in [0.1, 0.15) is 25.5 Å². The molecule has 0 aliphatic heterocycles. The number of halogens is 5. The van der Waals surface area contributed by atoms with Crippen LogP contribution in [0.3, 0.4) is 0 Å². The van der Waals surface area contributed by atoms with E-state index in [1.165, 1.54) is 0 Å². The lowest BCUT2D eigenvalue weighted by molar-refractivity contribution is 0.357. The summed E-state index contributed by atoms with van der Waals surface area (Å²) in [5, 5.41) is 2.81. The summed E-state index contributed by atoms with van der Waals surface area (Å²) >= 11 is 0. The topological polar surface area (TPSA) is 12.0 Å². The van der Waals surface area contributed by atoms with Gasteiger partial charge in [0.2, 0.25) is 5.82 Å². The SMILES string of the molecule is CC(C)C(Nc1ccccc1)c1c(F)c(F)c(F)c(F)c1F.